The quantitative estimate of drug-likeness (QED) is 0.438. The Hall–Kier alpha value is -2.10. The number of hydrogen-bond donors (Lipinski definition) is 2. The van der Waals surface area contributed by atoms with Gasteiger partial charge in [0.1, 0.15) is 0 Å². The van der Waals surface area contributed by atoms with Crippen LogP contribution >= 0.6 is 15.9 Å². The van der Waals surface area contributed by atoms with E-state index in [1.54, 1.807) is 12.3 Å². The van der Waals surface area contributed by atoms with E-state index in [-0.39, 0.29) is 4.47 Å². The molecular formula is C20H18BrF3N2O2S. The Balaban J connectivity index is 1.90. The molecule has 0 aliphatic carbocycles. The van der Waals surface area contributed by atoms with Crippen LogP contribution in [0.2, 0.25) is 0 Å². The highest BCUT2D eigenvalue weighted by atomic mass is 79.9. The zero-order chi connectivity index (χ0) is 21.2. The molecule has 29 heavy (non-hydrogen) atoms. The molecule has 4 nitrogen and oxygen atoms in total. The zero-order valence-electron chi connectivity index (χ0n) is 15.1. The topological polar surface area (TPSA) is 62.0 Å². The third-order valence-corrected chi connectivity index (χ3v) is 6.38. The summed E-state index contributed by atoms with van der Waals surface area (Å²) in [6.45, 7) is 3.66. The summed E-state index contributed by atoms with van der Waals surface area (Å²) in [5.41, 5.74) is 0.786. The maximum absolute atomic E-state index is 13.1. The average Bonchev–Trinajstić information content (AvgIpc) is 3.03. The van der Waals surface area contributed by atoms with Crippen LogP contribution in [0.5, 0.6) is 0 Å². The van der Waals surface area contributed by atoms with Crippen LogP contribution in [0, 0.1) is 0 Å². The Morgan fingerprint density at radius 1 is 1.21 bits per heavy atom. The maximum Gasteiger partial charge on any atom is 0.416 e. The molecule has 0 bridgehead atoms. The van der Waals surface area contributed by atoms with Crippen molar-refractivity contribution >= 4 is 36.9 Å². The van der Waals surface area contributed by atoms with Crippen molar-refractivity contribution in [3.05, 3.63) is 76.9 Å². The Kier molecular flexibility index (Phi) is 6.21. The molecule has 2 aromatic carbocycles. The highest BCUT2D eigenvalue weighted by Crippen LogP contribution is 2.33. The molecule has 0 spiro atoms. The Labute approximate surface area is 175 Å². The second-order valence-electron chi connectivity index (χ2n) is 6.58. The third kappa shape index (κ3) is 5.09. The van der Waals surface area contributed by atoms with Crippen molar-refractivity contribution in [2.75, 3.05) is 0 Å². The molecule has 2 N–H and O–H groups in total. The molecule has 0 saturated carbocycles. The van der Waals surface area contributed by atoms with Gasteiger partial charge in [-0.15, -0.1) is 6.58 Å². The van der Waals surface area contributed by atoms with E-state index in [9.17, 15) is 21.6 Å². The predicted molar refractivity (Wildman–Crippen MR) is 110 cm³/mol. The van der Waals surface area contributed by atoms with Gasteiger partial charge in [-0.1, -0.05) is 40.2 Å². The molecule has 9 heteroatoms. The third-order valence-electron chi connectivity index (χ3n) is 4.42. The lowest BCUT2D eigenvalue weighted by Crippen LogP contribution is -2.36. The van der Waals surface area contributed by atoms with Gasteiger partial charge in [-0.05, 0) is 42.7 Å². The summed E-state index contributed by atoms with van der Waals surface area (Å²) in [5, 5.41) is 0.961. The number of alkyl halides is 3. The van der Waals surface area contributed by atoms with E-state index >= 15 is 0 Å². The number of aromatic nitrogens is 1. The minimum absolute atomic E-state index is 0.0320. The van der Waals surface area contributed by atoms with Crippen LogP contribution in [0.25, 0.3) is 10.9 Å². The van der Waals surface area contributed by atoms with Crippen molar-refractivity contribution in [1.29, 1.82) is 0 Å². The van der Waals surface area contributed by atoms with Gasteiger partial charge >= 0.3 is 6.18 Å². The van der Waals surface area contributed by atoms with Crippen LogP contribution in [-0.2, 0) is 22.6 Å². The summed E-state index contributed by atoms with van der Waals surface area (Å²) in [4.78, 5) is 2.68. The van der Waals surface area contributed by atoms with Crippen LogP contribution in [-0.4, -0.2) is 19.4 Å². The molecule has 154 valence electrons. The minimum atomic E-state index is -4.65. The van der Waals surface area contributed by atoms with E-state index in [0.717, 1.165) is 28.6 Å². The first kappa shape index (κ1) is 21.6. The summed E-state index contributed by atoms with van der Waals surface area (Å²) < 4.78 is 67.4. The van der Waals surface area contributed by atoms with Gasteiger partial charge < -0.3 is 4.98 Å². The molecule has 0 unspecified atom stereocenters. The molecule has 0 fully saturated rings. The number of aromatic amines is 1. The maximum atomic E-state index is 13.1. The number of nitrogens with one attached hydrogen (secondary N) is 2. The van der Waals surface area contributed by atoms with Crippen molar-refractivity contribution < 1.29 is 21.6 Å². The Morgan fingerprint density at radius 2 is 1.93 bits per heavy atom. The van der Waals surface area contributed by atoms with Gasteiger partial charge in [0, 0.05) is 27.6 Å². The van der Waals surface area contributed by atoms with E-state index in [2.05, 4.69) is 32.2 Å². The summed E-state index contributed by atoms with van der Waals surface area (Å²) in [5.74, 6) is 0. The lowest BCUT2D eigenvalue weighted by molar-refractivity contribution is -0.137. The van der Waals surface area contributed by atoms with Gasteiger partial charge in [0.25, 0.3) is 0 Å². The summed E-state index contributed by atoms with van der Waals surface area (Å²) >= 11 is 2.96. The lowest BCUT2D eigenvalue weighted by atomic mass is 10.0. The highest BCUT2D eigenvalue weighted by Gasteiger charge is 2.33. The molecule has 3 rings (SSSR count). The van der Waals surface area contributed by atoms with Crippen molar-refractivity contribution in [1.82, 2.24) is 9.71 Å². The smallest absolute Gasteiger partial charge is 0.361 e. The number of benzene rings is 2. The van der Waals surface area contributed by atoms with E-state index < -0.39 is 32.7 Å². The number of fused-ring (bicyclic) bond motifs is 1. The molecule has 0 amide bonds. The number of hydrogen-bond acceptors (Lipinski definition) is 2. The van der Waals surface area contributed by atoms with Crippen LogP contribution in [0.4, 0.5) is 13.2 Å². The highest BCUT2D eigenvalue weighted by molar-refractivity contribution is 9.10. The summed E-state index contributed by atoms with van der Waals surface area (Å²) in [7, 11) is -4.18. The minimum Gasteiger partial charge on any atom is -0.361 e. The SMILES string of the molecule is C=CC[C@@H](Cc1c[nH]c2ccccc12)NS(=O)(=O)c1cc(Br)cc(C(F)(F)F)c1. The summed E-state index contributed by atoms with van der Waals surface area (Å²) in [6, 6.07) is 9.65. The van der Waals surface area contributed by atoms with Gasteiger partial charge in [-0.3, -0.25) is 0 Å². The second-order valence-corrected chi connectivity index (χ2v) is 9.21. The van der Waals surface area contributed by atoms with Gasteiger partial charge in [0.2, 0.25) is 10.0 Å². The first-order valence-electron chi connectivity index (χ1n) is 8.66. The molecule has 0 aliphatic rings. The molecular weight excluding hydrogens is 469 g/mol. The van der Waals surface area contributed by atoms with Crippen LogP contribution in [0.1, 0.15) is 17.5 Å². The summed E-state index contributed by atoms with van der Waals surface area (Å²) in [6.07, 6.45) is -0.604. The standard InChI is InChI=1S/C20H18BrF3N2O2S/c1-2-5-16(8-13-12-25-19-7-4-3-6-18(13)19)26-29(27,28)17-10-14(20(22,23)24)9-15(21)11-17/h2-4,6-7,9-12,16,25-26H,1,5,8H2/t16-/m0/s1. The van der Waals surface area contributed by atoms with Gasteiger partial charge in [-0.2, -0.15) is 13.2 Å². The van der Waals surface area contributed by atoms with E-state index in [1.165, 1.54) is 0 Å². The van der Waals surface area contributed by atoms with Crippen molar-refractivity contribution in [2.45, 2.75) is 30.0 Å². The molecule has 3 aromatic rings. The van der Waals surface area contributed by atoms with E-state index in [1.807, 2.05) is 24.3 Å². The van der Waals surface area contributed by atoms with Crippen molar-refractivity contribution in [3.63, 3.8) is 0 Å². The predicted octanol–water partition coefficient (Wildman–Crippen LogP) is 5.41. The van der Waals surface area contributed by atoms with Crippen molar-refractivity contribution in [3.8, 4) is 0 Å². The van der Waals surface area contributed by atoms with Crippen LogP contribution in [0.3, 0.4) is 0 Å². The normalized spacial score (nSPS) is 13.5. The Bertz CT molecular complexity index is 1140. The monoisotopic (exact) mass is 486 g/mol. The number of halogens is 4. The second kappa shape index (κ2) is 8.33. The fourth-order valence-electron chi connectivity index (χ4n) is 3.11. The fourth-order valence-corrected chi connectivity index (χ4v) is 5.07. The average molecular weight is 487 g/mol. The number of H-pyrrole nitrogens is 1. The number of rotatable bonds is 7. The molecule has 0 saturated heterocycles. The molecule has 1 aromatic heterocycles. The Morgan fingerprint density at radius 3 is 2.62 bits per heavy atom. The first-order chi connectivity index (χ1) is 13.6. The largest absolute Gasteiger partial charge is 0.416 e. The van der Waals surface area contributed by atoms with E-state index in [0.29, 0.717) is 18.9 Å². The molecule has 0 aliphatic heterocycles. The zero-order valence-corrected chi connectivity index (χ0v) is 17.5. The molecule has 1 heterocycles. The fraction of sp³-hybridized carbons (Fsp3) is 0.200. The van der Waals surface area contributed by atoms with Crippen LogP contribution in [0.15, 0.2) is 70.7 Å². The van der Waals surface area contributed by atoms with Gasteiger partial charge in [-0.25, -0.2) is 13.1 Å². The lowest BCUT2D eigenvalue weighted by Gasteiger charge is -2.18. The van der Waals surface area contributed by atoms with Gasteiger partial charge in [0.05, 0.1) is 10.5 Å². The molecule has 0 radical (unpaired) electrons. The first-order valence-corrected chi connectivity index (χ1v) is 10.9. The van der Waals surface area contributed by atoms with Crippen molar-refractivity contribution in [2.24, 2.45) is 0 Å². The number of para-hydroxylation sites is 1. The van der Waals surface area contributed by atoms with Gasteiger partial charge in [0.15, 0.2) is 0 Å². The molecule has 1 atom stereocenters. The van der Waals surface area contributed by atoms with Crippen LogP contribution < -0.4 is 4.72 Å². The van der Waals surface area contributed by atoms with E-state index in [4.69, 9.17) is 0 Å². The number of sulfonamides is 1.